The molecule has 1 heterocycles. The first-order chi connectivity index (χ1) is 12.0. The molecule has 2 aromatic rings. The van der Waals surface area contributed by atoms with E-state index in [0.29, 0.717) is 19.1 Å². The van der Waals surface area contributed by atoms with Gasteiger partial charge in [-0.2, -0.15) is 0 Å². The highest BCUT2D eigenvalue weighted by molar-refractivity contribution is 7.13. The highest BCUT2D eigenvalue weighted by Crippen LogP contribution is 2.39. The molecule has 25 heavy (non-hydrogen) atoms. The first kappa shape index (κ1) is 17.9. The molecule has 1 unspecified atom stereocenters. The third-order valence-corrected chi connectivity index (χ3v) is 5.57. The fourth-order valence-electron chi connectivity index (χ4n) is 2.95. The zero-order chi connectivity index (χ0) is 17.9. The van der Waals surface area contributed by atoms with E-state index < -0.39 is 0 Å². The van der Waals surface area contributed by atoms with Gasteiger partial charge in [0.25, 0.3) is 0 Å². The van der Waals surface area contributed by atoms with Crippen LogP contribution in [0.15, 0.2) is 29.6 Å². The Morgan fingerprint density at radius 1 is 1.40 bits per heavy atom. The minimum atomic E-state index is -0.287. The van der Waals surface area contributed by atoms with E-state index in [1.165, 1.54) is 0 Å². The molecule has 1 atom stereocenters. The molecule has 0 saturated heterocycles. The lowest BCUT2D eigenvalue weighted by Gasteiger charge is -2.29. The summed E-state index contributed by atoms with van der Waals surface area (Å²) in [6.07, 6.45) is 2.58. The van der Waals surface area contributed by atoms with Gasteiger partial charge in [-0.25, -0.2) is 4.98 Å². The van der Waals surface area contributed by atoms with Gasteiger partial charge >= 0.3 is 0 Å². The average molecular weight is 359 g/mol. The summed E-state index contributed by atoms with van der Waals surface area (Å²) in [5, 5.41) is 5.97. The normalized spacial score (nSPS) is 16.3. The molecule has 5 nitrogen and oxygen atoms in total. The van der Waals surface area contributed by atoms with Crippen molar-refractivity contribution in [2.45, 2.75) is 38.6 Å². The molecule has 0 spiro atoms. The number of benzene rings is 1. The molecule has 1 saturated carbocycles. The number of nitrogens with zero attached hydrogens (tertiary/aromatic N) is 1. The Morgan fingerprint density at radius 2 is 2.12 bits per heavy atom. The van der Waals surface area contributed by atoms with Crippen molar-refractivity contribution in [1.29, 1.82) is 0 Å². The van der Waals surface area contributed by atoms with Gasteiger partial charge < -0.3 is 15.8 Å². The highest BCUT2D eigenvalue weighted by atomic mass is 32.1. The first-order valence-corrected chi connectivity index (χ1v) is 9.60. The van der Waals surface area contributed by atoms with Gasteiger partial charge in [0.15, 0.2) is 0 Å². The van der Waals surface area contributed by atoms with Crippen LogP contribution < -0.4 is 15.8 Å². The van der Waals surface area contributed by atoms with Crippen molar-refractivity contribution in [3.63, 3.8) is 0 Å². The van der Waals surface area contributed by atoms with E-state index in [9.17, 15) is 4.79 Å². The summed E-state index contributed by atoms with van der Waals surface area (Å²) in [6.45, 7) is 5.12. The lowest BCUT2D eigenvalue weighted by Crippen LogP contribution is -2.53. The second kappa shape index (κ2) is 7.54. The van der Waals surface area contributed by atoms with Crippen molar-refractivity contribution in [1.82, 2.24) is 10.3 Å². The molecule has 0 radical (unpaired) electrons. The van der Waals surface area contributed by atoms with Gasteiger partial charge in [-0.1, -0.05) is 0 Å². The molecular formula is C19H25N3O2S. The van der Waals surface area contributed by atoms with E-state index in [4.69, 9.17) is 10.5 Å². The van der Waals surface area contributed by atoms with E-state index in [0.717, 1.165) is 34.9 Å². The lowest BCUT2D eigenvalue weighted by molar-refractivity contribution is -0.122. The van der Waals surface area contributed by atoms with Crippen molar-refractivity contribution in [2.24, 2.45) is 11.7 Å². The SMILES string of the molecule is CCOc1ccc(-c2nc(CC(=O)NC(C)(CN)C3CC3)cs2)cc1. The fraction of sp³-hybridized carbons (Fsp3) is 0.474. The van der Waals surface area contributed by atoms with Crippen molar-refractivity contribution >= 4 is 17.2 Å². The maximum absolute atomic E-state index is 12.4. The fourth-order valence-corrected chi connectivity index (χ4v) is 3.77. The molecule has 3 N–H and O–H groups in total. The van der Waals surface area contributed by atoms with Crippen LogP contribution in [0.2, 0.25) is 0 Å². The number of ether oxygens (including phenoxy) is 1. The van der Waals surface area contributed by atoms with E-state index in [1.807, 2.05) is 43.5 Å². The Labute approximate surface area is 152 Å². The van der Waals surface area contributed by atoms with E-state index in [-0.39, 0.29) is 17.9 Å². The van der Waals surface area contributed by atoms with Gasteiger partial charge in [0.2, 0.25) is 5.91 Å². The molecular weight excluding hydrogens is 334 g/mol. The molecule has 134 valence electrons. The number of carbonyl (C=O) groups is 1. The predicted octanol–water partition coefficient (Wildman–Crippen LogP) is 2.99. The molecule has 1 aromatic carbocycles. The largest absolute Gasteiger partial charge is 0.494 e. The van der Waals surface area contributed by atoms with Gasteiger partial charge in [-0.05, 0) is 56.9 Å². The standard InChI is InChI=1S/C19H25N3O2S/c1-3-24-16-8-4-13(5-9-16)18-21-15(11-25-18)10-17(23)22-19(2,12-20)14-6-7-14/h4-5,8-9,11,14H,3,6-7,10,12,20H2,1-2H3,(H,22,23). The van der Waals surface area contributed by atoms with Gasteiger partial charge in [0.05, 0.1) is 24.3 Å². The molecule has 1 amide bonds. The van der Waals surface area contributed by atoms with Crippen molar-refractivity contribution in [2.75, 3.05) is 13.2 Å². The number of thiazole rings is 1. The van der Waals surface area contributed by atoms with Crippen LogP contribution in [-0.4, -0.2) is 29.6 Å². The molecule has 1 aliphatic rings. The van der Waals surface area contributed by atoms with E-state index in [2.05, 4.69) is 10.3 Å². The van der Waals surface area contributed by atoms with Crippen LogP contribution in [0.25, 0.3) is 10.6 Å². The third-order valence-electron chi connectivity index (χ3n) is 4.63. The minimum Gasteiger partial charge on any atom is -0.494 e. The number of rotatable bonds is 8. The van der Waals surface area contributed by atoms with Gasteiger partial charge in [0.1, 0.15) is 10.8 Å². The van der Waals surface area contributed by atoms with Crippen LogP contribution in [0.5, 0.6) is 5.75 Å². The zero-order valence-electron chi connectivity index (χ0n) is 14.7. The van der Waals surface area contributed by atoms with Gasteiger partial charge in [-0.3, -0.25) is 4.79 Å². The number of aromatic nitrogens is 1. The van der Waals surface area contributed by atoms with Crippen LogP contribution in [0, 0.1) is 5.92 Å². The first-order valence-electron chi connectivity index (χ1n) is 8.73. The van der Waals surface area contributed by atoms with Crippen molar-refractivity contribution < 1.29 is 9.53 Å². The Bertz CT molecular complexity index is 725. The number of amides is 1. The van der Waals surface area contributed by atoms with Crippen LogP contribution in [-0.2, 0) is 11.2 Å². The number of carbonyl (C=O) groups excluding carboxylic acids is 1. The Hall–Kier alpha value is -1.92. The average Bonchev–Trinajstić information content (AvgIpc) is 3.37. The number of hydrogen-bond donors (Lipinski definition) is 2. The smallest absolute Gasteiger partial charge is 0.226 e. The maximum Gasteiger partial charge on any atom is 0.226 e. The van der Waals surface area contributed by atoms with Gasteiger partial charge in [-0.15, -0.1) is 11.3 Å². The summed E-state index contributed by atoms with van der Waals surface area (Å²) < 4.78 is 5.46. The van der Waals surface area contributed by atoms with Crippen molar-refractivity contribution in [3.05, 3.63) is 35.3 Å². The topological polar surface area (TPSA) is 77.2 Å². The predicted molar refractivity (Wildman–Crippen MR) is 101 cm³/mol. The summed E-state index contributed by atoms with van der Waals surface area (Å²) in [5.41, 5.74) is 7.40. The summed E-state index contributed by atoms with van der Waals surface area (Å²) in [6, 6.07) is 7.86. The van der Waals surface area contributed by atoms with Crippen molar-refractivity contribution in [3.8, 4) is 16.3 Å². The van der Waals surface area contributed by atoms with Crippen LogP contribution in [0.1, 0.15) is 32.4 Å². The monoisotopic (exact) mass is 359 g/mol. The molecule has 1 aromatic heterocycles. The summed E-state index contributed by atoms with van der Waals surface area (Å²) in [4.78, 5) is 17.0. The molecule has 1 aliphatic carbocycles. The Balaban J connectivity index is 1.62. The molecule has 0 aliphatic heterocycles. The second-order valence-electron chi connectivity index (χ2n) is 6.72. The Kier molecular flexibility index (Phi) is 5.39. The summed E-state index contributed by atoms with van der Waals surface area (Å²) in [7, 11) is 0. The maximum atomic E-state index is 12.4. The molecule has 6 heteroatoms. The number of hydrogen-bond acceptors (Lipinski definition) is 5. The zero-order valence-corrected chi connectivity index (χ0v) is 15.6. The molecule has 3 rings (SSSR count). The lowest BCUT2D eigenvalue weighted by atomic mass is 9.95. The molecule has 1 fully saturated rings. The highest BCUT2D eigenvalue weighted by Gasteiger charge is 2.41. The number of nitrogens with one attached hydrogen (secondary N) is 1. The quantitative estimate of drug-likeness (QED) is 0.759. The number of nitrogens with two attached hydrogens (primary N) is 1. The van der Waals surface area contributed by atoms with Crippen LogP contribution in [0.3, 0.4) is 0 Å². The molecule has 0 bridgehead atoms. The van der Waals surface area contributed by atoms with E-state index in [1.54, 1.807) is 11.3 Å². The Morgan fingerprint density at radius 3 is 2.72 bits per heavy atom. The van der Waals surface area contributed by atoms with E-state index >= 15 is 0 Å². The second-order valence-corrected chi connectivity index (χ2v) is 7.58. The summed E-state index contributed by atoms with van der Waals surface area (Å²) in [5.74, 6) is 1.35. The summed E-state index contributed by atoms with van der Waals surface area (Å²) >= 11 is 1.55. The van der Waals surface area contributed by atoms with Gasteiger partial charge in [0, 0.05) is 17.5 Å². The third kappa shape index (κ3) is 4.38. The van der Waals surface area contributed by atoms with Crippen LogP contribution >= 0.6 is 11.3 Å². The minimum absolute atomic E-state index is 0.0107. The van der Waals surface area contributed by atoms with Crippen LogP contribution in [0.4, 0.5) is 0 Å².